The number of anilines is 2. The molecule has 0 radical (unpaired) electrons. The molecule has 0 heterocycles. The van der Waals surface area contributed by atoms with Gasteiger partial charge in [-0.15, -0.1) is 0 Å². The van der Waals surface area contributed by atoms with Crippen LogP contribution in [0.3, 0.4) is 0 Å². The molecule has 7 nitrogen and oxygen atoms in total. The van der Waals surface area contributed by atoms with E-state index in [1.165, 1.54) is 12.1 Å². The highest BCUT2D eigenvalue weighted by atomic mass is 32.2. The number of hydrogen-bond acceptors (Lipinski definition) is 4. The lowest BCUT2D eigenvalue weighted by Gasteiger charge is -2.12. The molecule has 20 heavy (non-hydrogen) atoms. The molecule has 1 rings (SSSR count). The van der Waals surface area contributed by atoms with E-state index in [4.69, 9.17) is 10.9 Å². The monoisotopic (exact) mass is 300 g/mol. The summed E-state index contributed by atoms with van der Waals surface area (Å²) in [5.74, 6) is -0.300. The summed E-state index contributed by atoms with van der Waals surface area (Å²) in [7, 11) is -3.84. The third-order valence-electron chi connectivity index (χ3n) is 2.60. The van der Waals surface area contributed by atoms with E-state index in [0.717, 1.165) is 12.8 Å². The predicted molar refractivity (Wildman–Crippen MR) is 79.3 cm³/mol. The zero-order valence-corrected chi connectivity index (χ0v) is 12.1. The van der Waals surface area contributed by atoms with Crippen molar-refractivity contribution in [1.82, 2.24) is 0 Å². The minimum absolute atomic E-state index is 0.271. The third-order valence-corrected chi connectivity index (χ3v) is 3.12. The van der Waals surface area contributed by atoms with Crippen LogP contribution in [0.15, 0.2) is 24.3 Å². The lowest BCUT2D eigenvalue weighted by atomic mass is 10.1. The van der Waals surface area contributed by atoms with Gasteiger partial charge in [-0.3, -0.25) is 9.52 Å². The Bertz CT molecular complexity index is 560. The largest absolute Gasteiger partial charge is 0.325 e. The fourth-order valence-corrected chi connectivity index (χ4v) is 2.07. The average molecular weight is 300 g/mol. The Morgan fingerprint density at radius 2 is 2.00 bits per heavy atom. The average Bonchev–Trinajstić information content (AvgIpc) is 2.34. The van der Waals surface area contributed by atoms with Crippen molar-refractivity contribution in [3.8, 4) is 0 Å². The third kappa shape index (κ3) is 6.00. The van der Waals surface area contributed by atoms with Gasteiger partial charge in [-0.1, -0.05) is 25.8 Å². The van der Waals surface area contributed by atoms with Crippen LogP contribution in [0.4, 0.5) is 11.4 Å². The Balaban J connectivity index is 2.68. The van der Waals surface area contributed by atoms with Crippen LogP contribution in [-0.2, 0) is 15.0 Å². The van der Waals surface area contributed by atoms with Gasteiger partial charge in [-0.25, -0.2) is 5.14 Å². The number of carbonyl (C=O) groups is 1. The standard InChI is InChI=1S/C12H20N4O3S/c1-2-3-7-11(13)12(17)15-9-5-4-6-10(8-9)16-20(14,18)19/h4-6,8,11,16H,2-3,7,13H2,1H3,(H,15,17)(H2,14,18,19). The second-order valence-electron chi connectivity index (χ2n) is 4.47. The first-order valence-corrected chi connectivity index (χ1v) is 7.83. The molecule has 0 aromatic heterocycles. The number of amides is 1. The van der Waals surface area contributed by atoms with Gasteiger partial charge in [0.25, 0.3) is 10.2 Å². The van der Waals surface area contributed by atoms with E-state index >= 15 is 0 Å². The lowest BCUT2D eigenvalue weighted by Crippen LogP contribution is -2.35. The van der Waals surface area contributed by atoms with Gasteiger partial charge in [0, 0.05) is 5.69 Å². The van der Waals surface area contributed by atoms with Crippen molar-refractivity contribution in [3.63, 3.8) is 0 Å². The molecule has 8 heteroatoms. The van der Waals surface area contributed by atoms with Gasteiger partial charge in [-0.2, -0.15) is 8.42 Å². The second-order valence-corrected chi connectivity index (χ2v) is 5.76. The first-order chi connectivity index (χ1) is 9.31. The summed E-state index contributed by atoms with van der Waals surface area (Å²) >= 11 is 0. The van der Waals surface area contributed by atoms with Crippen molar-refractivity contribution in [2.75, 3.05) is 10.0 Å². The number of hydrogen-bond donors (Lipinski definition) is 4. The van der Waals surface area contributed by atoms with Crippen molar-refractivity contribution in [3.05, 3.63) is 24.3 Å². The maximum atomic E-state index is 11.8. The molecule has 0 bridgehead atoms. The molecule has 0 aliphatic rings. The zero-order chi connectivity index (χ0) is 15.2. The van der Waals surface area contributed by atoms with Crippen molar-refractivity contribution in [1.29, 1.82) is 0 Å². The van der Waals surface area contributed by atoms with Crippen LogP contribution < -0.4 is 20.9 Å². The van der Waals surface area contributed by atoms with Gasteiger partial charge in [0.2, 0.25) is 5.91 Å². The van der Waals surface area contributed by atoms with Crippen LogP contribution in [0.25, 0.3) is 0 Å². The van der Waals surface area contributed by atoms with Crippen LogP contribution >= 0.6 is 0 Å². The first-order valence-electron chi connectivity index (χ1n) is 6.29. The quantitative estimate of drug-likeness (QED) is 0.592. The van der Waals surface area contributed by atoms with E-state index in [0.29, 0.717) is 12.1 Å². The van der Waals surface area contributed by atoms with E-state index in [1.807, 2.05) is 6.92 Å². The highest BCUT2D eigenvalue weighted by Crippen LogP contribution is 2.16. The second kappa shape index (κ2) is 7.22. The Labute approximate surface area is 118 Å². The van der Waals surface area contributed by atoms with E-state index in [-0.39, 0.29) is 11.6 Å². The molecular weight excluding hydrogens is 280 g/mol. The molecule has 1 atom stereocenters. The van der Waals surface area contributed by atoms with Gasteiger partial charge >= 0.3 is 0 Å². The summed E-state index contributed by atoms with van der Waals surface area (Å²) in [5.41, 5.74) is 6.47. The molecule has 6 N–H and O–H groups in total. The molecule has 1 amide bonds. The van der Waals surface area contributed by atoms with Crippen molar-refractivity contribution in [2.45, 2.75) is 32.2 Å². The number of carbonyl (C=O) groups excluding carboxylic acids is 1. The number of nitrogens with two attached hydrogens (primary N) is 2. The fraction of sp³-hybridized carbons (Fsp3) is 0.417. The Morgan fingerprint density at radius 1 is 1.35 bits per heavy atom. The summed E-state index contributed by atoms with van der Waals surface area (Å²) in [5, 5.41) is 7.51. The minimum Gasteiger partial charge on any atom is -0.325 e. The van der Waals surface area contributed by atoms with E-state index < -0.39 is 16.3 Å². The predicted octanol–water partition coefficient (Wildman–Crippen LogP) is 0.758. The number of benzene rings is 1. The van der Waals surface area contributed by atoms with Crippen molar-refractivity contribution < 1.29 is 13.2 Å². The molecule has 1 aromatic rings. The molecule has 0 saturated carbocycles. The summed E-state index contributed by atoms with van der Waals surface area (Å²) in [6.45, 7) is 2.02. The lowest BCUT2D eigenvalue weighted by molar-refractivity contribution is -0.117. The van der Waals surface area contributed by atoms with E-state index in [9.17, 15) is 13.2 Å². The van der Waals surface area contributed by atoms with Gasteiger partial charge in [0.05, 0.1) is 11.7 Å². The number of nitrogens with one attached hydrogen (secondary N) is 2. The van der Waals surface area contributed by atoms with Gasteiger partial charge < -0.3 is 11.1 Å². The van der Waals surface area contributed by atoms with Crippen LogP contribution in [0.5, 0.6) is 0 Å². The maximum Gasteiger partial charge on any atom is 0.296 e. The van der Waals surface area contributed by atoms with Crippen LogP contribution in [0.2, 0.25) is 0 Å². The van der Waals surface area contributed by atoms with Gasteiger partial charge in [0.1, 0.15) is 0 Å². The smallest absolute Gasteiger partial charge is 0.296 e. The van der Waals surface area contributed by atoms with E-state index in [1.54, 1.807) is 12.1 Å². The molecular formula is C12H20N4O3S. The van der Waals surface area contributed by atoms with Gasteiger partial charge in [0.15, 0.2) is 0 Å². The Hall–Kier alpha value is -1.64. The minimum atomic E-state index is -3.84. The highest BCUT2D eigenvalue weighted by molar-refractivity contribution is 7.90. The molecule has 1 aromatic carbocycles. The molecule has 112 valence electrons. The normalized spacial score (nSPS) is 12.8. The maximum absolute atomic E-state index is 11.8. The number of rotatable bonds is 7. The summed E-state index contributed by atoms with van der Waals surface area (Å²) in [6.07, 6.45) is 2.45. The highest BCUT2D eigenvalue weighted by Gasteiger charge is 2.13. The fourth-order valence-electron chi connectivity index (χ4n) is 1.61. The van der Waals surface area contributed by atoms with Gasteiger partial charge in [-0.05, 0) is 24.6 Å². The SMILES string of the molecule is CCCCC(N)C(=O)Nc1cccc(NS(N)(=O)=O)c1. The van der Waals surface area contributed by atoms with E-state index in [2.05, 4.69) is 10.0 Å². The topological polar surface area (TPSA) is 127 Å². The van der Waals surface area contributed by atoms with Crippen LogP contribution in [-0.4, -0.2) is 20.4 Å². The molecule has 0 aliphatic heterocycles. The first kappa shape index (κ1) is 16.4. The van der Waals surface area contributed by atoms with Crippen LogP contribution in [0.1, 0.15) is 26.2 Å². The Kier molecular flexibility index (Phi) is 5.93. The molecule has 0 saturated heterocycles. The zero-order valence-electron chi connectivity index (χ0n) is 11.3. The molecule has 0 spiro atoms. The van der Waals surface area contributed by atoms with Crippen molar-refractivity contribution in [2.24, 2.45) is 10.9 Å². The molecule has 0 aliphatic carbocycles. The summed E-state index contributed by atoms with van der Waals surface area (Å²) < 4.78 is 24.0. The molecule has 1 unspecified atom stereocenters. The Morgan fingerprint density at radius 3 is 2.60 bits per heavy atom. The molecule has 0 fully saturated rings. The van der Waals surface area contributed by atoms with Crippen LogP contribution in [0, 0.1) is 0 Å². The summed E-state index contributed by atoms with van der Waals surface area (Å²) in [6, 6.07) is 5.65. The van der Waals surface area contributed by atoms with Crippen molar-refractivity contribution >= 4 is 27.5 Å². The number of unbranched alkanes of at least 4 members (excludes halogenated alkanes) is 1. The summed E-state index contributed by atoms with van der Waals surface area (Å²) in [4.78, 5) is 11.8.